The molecule has 5 fully saturated rings. The van der Waals surface area contributed by atoms with Crippen molar-refractivity contribution in [2.45, 2.75) is 145 Å². The van der Waals surface area contributed by atoms with Gasteiger partial charge >= 0.3 is 59.5 Å². The van der Waals surface area contributed by atoms with E-state index >= 15 is 0 Å². The summed E-state index contributed by atoms with van der Waals surface area (Å²) < 4.78 is 1.80. The van der Waals surface area contributed by atoms with Crippen LogP contribution in [0.2, 0.25) is 0 Å². The summed E-state index contributed by atoms with van der Waals surface area (Å²) in [7, 11) is 0. The van der Waals surface area contributed by atoms with E-state index in [0.29, 0.717) is 35.0 Å². The average molecular weight is 839 g/mol. The zero-order valence-corrected chi connectivity index (χ0v) is 38.7. The van der Waals surface area contributed by atoms with Gasteiger partial charge < -0.3 is 24.8 Å². The molecule has 0 nitrogen and oxygen atoms in total. The predicted octanol–water partition coefficient (Wildman–Crippen LogP) is 8.05. The second kappa shape index (κ2) is 16.5. The van der Waals surface area contributed by atoms with Crippen LogP contribution in [0.4, 0.5) is 0 Å². The number of hydrogen-bond donors (Lipinski definition) is 0. The van der Waals surface area contributed by atoms with E-state index in [2.05, 4.69) is 111 Å². The molecule has 5 saturated carbocycles. The second-order valence-electron chi connectivity index (χ2n) is 19.0. The fourth-order valence-electron chi connectivity index (χ4n) is 12.8. The van der Waals surface area contributed by atoms with Crippen molar-refractivity contribution in [3.63, 3.8) is 0 Å². The Bertz CT molecular complexity index is 1920. The zero-order chi connectivity index (χ0) is 36.6. The maximum absolute atomic E-state index is 3.48. The zero-order valence-electron chi connectivity index (χ0n) is 34.7. The van der Waals surface area contributed by atoms with Crippen molar-refractivity contribution >= 4 is 14.0 Å². The van der Waals surface area contributed by atoms with Crippen LogP contribution < -0.4 is 24.8 Å². The normalized spacial score (nSPS) is 32.3. The molecule has 0 heterocycles. The van der Waals surface area contributed by atoms with Crippen molar-refractivity contribution in [1.29, 1.82) is 0 Å². The Hall–Kier alpha value is -1.40. The van der Waals surface area contributed by atoms with E-state index in [4.69, 9.17) is 0 Å². The summed E-state index contributed by atoms with van der Waals surface area (Å²) >= 11 is 1.69. The minimum absolute atomic E-state index is 0. The first-order chi connectivity index (χ1) is 24.9. The van der Waals surface area contributed by atoms with Crippen LogP contribution in [0.3, 0.4) is 0 Å². The third-order valence-electron chi connectivity index (χ3n) is 15.8. The van der Waals surface area contributed by atoms with Crippen molar-refractivity contribution < 1.29 is 49.0 Å². The van der Waals surface area contributed by atoms with E-state index in [9.17, 15) is 0 Å². The monoisotopic (exact) mass is 836 g/mol. The van der Waals surface area contributed by atoms with Crippen LogP contribution in [0.25, 0.3) is 21.9 Å². The van der Waals surface area contributed by atoms with Gasteiger partial charge in [0.05, 0.1) is 0 Å². The van der Waals surface area contributed by atoms with E-state index in [-0.39, 0.29) is 24.8 Å². The summed E-state index contributed by atoms with van der Waals surface area (Å²) in [5, 5.41) is 2.93. The molecular weight excluding hydrogens is 775 g/mol. The molecule has 0 aromatic heterocycles. The molecule has 0 spiro atoms. The standard InChI is InChI=1S/C29H33.C16H21.C6H10.2ClH.Zr/c1-14-13-24-25(18(5)15(14)2)21(8)28-27-20(7)17(4)16(3)19(6)26(27)22-11-9-10-12-23(22)29(24)28;1-11-2-3-15(4-11)16-8-12-5-13(9-16)7-14(6-12)10-16;1-2-4-6-5-3-1;;;/h9-13,16-17,19,21H,1-8H3;3-4,11-14H,5-10H2,1H3;1-5H2;2*1H;/q2*-1;;;;+2/p-2. The summed E-state index contributed by atoms with van der Waals surface area (Å²) in [5.41, 5.74) is 16.0. The molecule has 8 aliphatic rings. The van der Waals surface area contributed by atoms with Gasteiger partial charge in [-0.15, -0.1) is 11.1 Å². The van der Waals surface area contributed by atoms with Crippen LogP contribution in [0.15, 0.2) is 48.1 Å². The number of fused-ring (bicyclic) bond motifs is 8. The van der Waals surface area contributed by atoms with Crippen LogP contribution in [0.1, 0.15) is 163 Å². The third-order valence-corrected chi connectivity index (χ3v) is 17.0. The molecule has 288 valence electrons. The quantitative estimate of drug-likeness (QED) is 0.218. The topological polar surface area (TPSA) is 0 Å². The Morgan fingerprint density at radius 1 is 0.759 bits per heavy atom. The predicted molar refractivity (Wildman–Crippen MR) is 220 cm³/mol. The van der Waals surface area contributed by atoms with E-state index < -0.39 is 0 Å². The van der Waals surface area contributed by atoms with Crippen molar-refractivity contribution in [1.82, 2.24) is 0 Å². The molecule has 54 heavy (non-hydrogen) atoms. The van der Waals surface area contributed by atoms with Gasteiger partial charge in [-0.1, -0.05) is 131 Å². The first kappa shape index (κ1) is 42.2. The van der Waals surface area contributed by atoms with Crippen molar-refractivity contribution in [3.8, 4) is 11.1 Å². The fourth-order valence-corrected chi connectivity index (χ4v) is 13.7. The van der Waals surface area contributed by atoms with Gasteiger partial charge in [-0.05, 0) is 96.9 Å². The number of benzene rings is 3. The molecule has 5 unspecified atom stereocenters. The van der Waals surface area contributed by atoms with Crippen LogP contribution in [-0.2, 0) is 24.2 Å². The molecule has 3 aromatic carbocycles. The number of rotatable bonds is 1. The molecule has 3 heteroatoms. The Balaban J connectivity index is 0.000000166. The Kier molecular flexibility index (Phi) is 12.9. The molecule has 0 aliphatic heterocycles. The van der Waals surface area contributed by atoms with Crippen molar-refractivity contribution in [2.75, 3.05) is 0 Å². The van der Waals surface area contributed by atoms with Crippen LogP contribution in [-0.4, -0.2) is 3.21 Å². The molecule has 11 rings (SSSR count). The number of hydrogen-bond acceptors (Lipinski definition) is 0. The first-order valence-electron chi connectivity index (χ1n) is 21.3. The van der Waals surface area contributed by atoms with Crippen LogP contribution in [0.5, 0.6) is 0 Å². The minimum atomic E-state index is 0. The Morgan fingerprint density at radius 2 is 1.35 bits per heavy atom. The second-order valence-corrected chi connectivity index (χ2v) is 20.7. The van der Waals surface area contributed by atoms with E-state index in [1.54, 1.807) is 80.4 Å². The Labute approximate surface area is 356 Å². The molecule has 0 amide bonds. The number of aryl methyl sites for hydroxylation is 1. The molecule has 5 atom stereocenters. The third kappa shape index (κ3) is 7.19. The molecule has 4 bridgehead atoms. The summed E-state index contributed by atoms with van der Waals surface area (Å²) in [6.07, 6.45) is 24.8. The molecular formula is C51H64Cl2Zr-2. The maximum atomic E-state index is 3.48. The van der Waals surface area contributed by atoms with Gasteiger partial charge in [-0.2, -0.15) is 23.1 Å². The van der Waals surface area contributed by atoms with Gasteiger partial charge in [0.15, 0.2) is 0 Å². The molecule has 8 aliphatic carbocycles. The van der Waals surface area contributed by atoms with Gasteiger partial charge in [0.25, 0.3) is 0 Å². The SMILES string of the molecule is CC1[C-]=CC(C23CC4CC(CC(C4)C2)C3)=C1.Cc1cc2c(c(C)c1C)C(C)c1c3c(c4ccccc4c1-2)C(C)C(C)C(C)[C-]3C.[Cl-].[Cl-].[Zr+2]=[C]1CCCCC1. The number of allylic oxidation sites excluding steroid dienone is 4. The van der Waals surface area contributed by atoms with Crippen LogP contribution in [0, 0.1) is 73.7 Å². The van der Waals surface area contributed by atoms with Crippen LogP contribution >= 0.6 is 0 Å². The average Bonchev–Trinajstić information content (AvgIpc) is 3.70. The van der Waals surface area contributed by atoms with E-state index in [0.717, 1.165) is 17.8 Å². The fraction of sp³-hybridized carbons (Fsp3) is 0.569. The number of halogens is 2. The van der Waals surface area contributed by atoms with E-state index in [1.165, 1.54) is 90.0 Å². The van der Waals surface area contributed by atoms with E-state index in [1.807, 2.05) is 0 Å². The van der Waals surface area contributed by atoms with Gasteiger partial charge in [0.2, 0.25) is 0 Å². The Morgan fingerprint density at radius 3 is 1.89 bits per heavy atom. The van der Waals surface area contributed by atoms with Gasteiger partial charge in [-0.25, -0.2) is 6.08 Å². The summed E-state index contributed by atoms with van der Waals surface area (Å²) in [6.45, 7) is 21.4. The summed E-state index contributed by atoms with van der Waals surface area (Å²) in [5.74, 6) is 7.71. The van der Waals surface area contributed by atoms with Crippen molar-refractivity contribution in [2.24, 2.45) is 40.9 Å². The molecule has 0 N–H and O–H groups in total. The van der Waals surface area contributed by atoms with Gasteiger partial charge in [0, 0.05) is 0 Å². The molecule has 0 radical (unpaired) electrons. The van der Waals surface area contributed by atoms with Gasteiger partial charge in [0.1, 0.15) is 0 Å². The molecule has 3 aromatic rings. The van der Waals surface area contributed by atoms with Crippen molar-refractivity contribution in [3.05, 3.63) is 99.0 Å². The first-order valence-corrected chi connectivity index (χ1v) is 22.5. The summed E-state index contributed by atoms with van der Waals surface area (Å²) in [4.78, 5) is 0. The summed E-state index contributed by atoms with van der Waals surface area (Å²) in [6, 6.07) is 11.7. The molecule has 0 saturated heterocycles. The van der Waals surface area contributed by atoms with Gasteiger partial charge in [-0.3, -0.25) is 6.08 Å².